The Bertz CT molecular complexity index is 1040. The Hall–Kier alpha value is -2.13. The number of sulfonamides is 1. The van der Waals surface area contributed by atoms with Crippen LogP contribution >= 0.6 is 23.2 Å². The van der Waals surface area contributed by atoms with Crippen molar-refractivity contribution in [1.29, 1.82) is 0 Å². The lowest BCUT2D eigenvalue weighted by atomic mass is 10.2. The van der Waals surface area contributed by atoms with Crippen molar-refractivity contribution in [2.45, 2.75) is 31.7 Å². The summed E-state index contributed by atoms with van der Waals surface area (Å²) < 4.78 is 26.8. The predicted molar refractivity (Wildman–Crippen MR) is 119 cm³/mol. The number of hydrogen-bond donors (Lipinski definition) is 2. The van der Waals surface area contributed by atoms with E-state index in [1.54, 1.807) is 38.1 Å². The van der Waals surface area contributed by atoms with E-state index >= 15 is 0 Å². The van der Waals surface area contributed by atoms with Gasteiger partial charge in [-0.25, -0.2) is 8.42 Å². The summed E-state index contributed by atoms with van der Waals surface area (Å²) in [7, 11) is -3.80. The number of carbonyl (C=O) groups is 2. The second-order valence-electron chi connectivity index (χ2n) is 6.40. The van der Waals surface area contributed by atoms with Crippen LogP contribution in [0.2, 0.25) is 10.0 Å². The molecule has 7 nitrogen and oxygen atoms in total. The van der Waals surface area contributed by atoms with Crippen molar-refractivity contribution < 1.29 is 18.0 Å². The summed E-state index contributed by atoms with van der Waals surface area (Å²) in [5, 5.41) is 5.49. The number of benzene rings is 2. The standard InChI is InChI=1S/C20H23Cl2N3O4S/c1-4-25(5-2)30(28,29)18-12-14(10-11-17(18)22)24-19(26)13(3)23-20(27)15-8-6-7-9-16(15)21/h6-13H,4-5H2,1-3H3,(H,23,27)(H,24,26)/t13-/m0/s1. The molecule has 30 heavy (non-hydrogen) atoms. The van der Waals surface area contributed by atoms with Gasteiger partial charge in [-0.1, -0.05) is 49.2 Å². The highest BCUT2D eigenvalue weighted by molar-refractivity contribution is 7.89. The summed E-state index contributed by atoms with van der Waals surface area (Å²) >= 11 is 12.1. The maximum atomic E-state index is 12.8. The van der Waals surface area contributed by atoms with E-state index in [1.807, 2.05) is 0 Å². The fourth-order valence-corrected chi connectivity index (χ4v) is 4.90. The van der Waals surface area contributed by atoms with Crippen molar-refractivity contribution in [2.24, 2.45) is 0 Å². The first-order valence-corrected chi connectivity index (χ1v) is 11.5. The van der Waals surface area contributed by atoms with Gasteiger partial charge in [-0.2, -0.15) is 4.31 Å². The molecule has 10 heteroatoms. The van der Waals surface area contributed by atoms with Crippen molar-refractivity contribution in [1.82, 2.24) is 9.62 Å². The molecule has 0 saturated heterocycles. The first kappa shape index (κ1) is 24.1. The largest absolute Gasteiger partial charge is 0.340 e. The molecule has 1 atom stereocenters. The molecule has 162 valence electrons. The van der Waals surface area contributed by atoms with Crippen molar-refractivity contribution in [3.63, 3.8) is 0 Å². The van der Waals surface area contributed by atoms with Gasteiger partial charge in [0.2, 0.25) is 15.9 Å². The maximum Gasteiger partial charge on any atom is 0.253 e. The Morgan fingerprint density at radius 3 is 2.27 bits per heavy atom. The van der Waals surface area contributed by atoms with Gasteiger partial charge in [0.15, 0.2) is 0 Å². The fourth-order valence-electron chi connectivity index (χ4n) is 2.72. The van der Waals surface area contributed by atoms with Crippen molar-refractivity contribution >= 4 is 50.7 Å². The minimum Gasteiger partial charge on any atom is -0.340 e. The van der Waals surface area contributed by atoms with Gasteiger partial charge in [-0.05, 0) is 37.3 Å². The average Bonchev–Trinajstić information content (AvgIpc) is 2.70. The number of carbonyl (C=O) groups excluding carboxylic acids is 2. The van der Waals surface area contributed by atoms with Gasteiger partial charge in [-0.3, -0.25) is 9.59 Å². The molecule has 0 radical (unpaired) electrons. The van der Waals surface area contributed by atoms with Gasteiger partial charge >= 0.3 is 0 Å². The van der Waals surface area contributed by atoms with Gasteiger partial charge in [0.25, 0.3) is 5.91 Å². The summed E-state index contributed by atoms with van der Waals surface area (Å²) in [4.78, 5) is 24.7. The number of anilines is 1. The highest BCUT2D eigenvalue weighted by Crippen LogP contribution is 2.28. The van der Waals surface area contributed by atoms with E-state index in [9.17, 15) is 18.0 Å². The minimum atomic E-state index is -3.80. The van der Waals surface area contributed by atoms with E-state index in [0.717, 1.165) is 0 Å². The Balaban J connectivity index is 2.17. The number of nitrogens with one attached hydrogen (secondary N) is 2. The molecular formula is C20H23Cl2N3O4S. The molecule has 2 aromatic rings. The third-order valence-corrected chi connectivity index (χ3v) is 7.24. The van der Waals surface area contributed by atoms with Crippen molar-refractivity contribution in [3.8, 4) is 0 Å². The van der Waals surface area contributed by atoms with Gasteiger partial charge < -0.3 is 10.6 Å². The van der Waals surface area contributed by atoms with E-state index in [1.165, 1.54) is 29.4 Å². The van der Waals surface area contributed by atoms with Crippen LogP contribution in [0.25, 0.3) is 0 Å². The Morgan fingerprint density at radius 1 is 1.03 bits per heavy atom. The highest BCUT2D eigenvalue weighted by Gasteiger charge is 2.25. The van der Waals surface area contributed by atoms with Crippen LogP contribution < -0.4 is 10.6 Å². The molecule has 0 heterocycles. The van der Waals surface area contributed by atoms with Crippen LogP contribution in [-0.2, 0) is 14.8 Å². The maximum absolute atomic E-state index is 12.8. The van der Waals surface area contributed by atoms with Crippen LogP contribution in [0.1, 0.15) is 31.1 Å². The first-order valence-electron chi connectivity index (χ1n) is 9.27. The molecule has 0 aliphatic rings. The van der Waals surface area contributed by atoms with Crippen LogP contribution in [0.4, 0.5) is 5.69 Å². The van der Waals surface area contributed by atoms with Gasteiger partial charge in [0.05, 0.1) is 15.6 Å². The molecule has 0 spiro atoms. The zero-order valence-electron chi connectivity index (χ0n) is 16.8. The predicted octanol–water partition coefficient (Wildman–Crippen LogP) is 3.78. The third-order valence-electron chi connectivity index (χ3n) is 4.38. The summed E-state index contributed by atoms with van der Waals surface area (Å²) in [6, 6.07) is 9.78. The summed E-state index contributed by atoms with van der Waals surface area (Å²) in [5.41, 5.74) is 0.492. The van der Waals surface area contributed by atoms with Crippen LogP contribution in [0.5, 0.6) is 0 Å². The molecule has 0 unspecified atom stereocenters. The monoisotopic (exact) mass is 471 g/mol. The molecule has 2 rings (SSSR count). The molecule has 2 N–H and O–H groups in total. The Morgan fingerprint density at radius 2 is 1.67 bits per heavy atom. The molecule has 0 aromatic heterocycles. The smallest absolute Gasteiger partial charge is 0.253 e. The zero-order chi connectivity index (χ0) is 22.5. The fraction of sp³-hybridized carbons (Fsp3) is 0.300. The molecule has 0 bridgehead atoms. The molecule has 0 aliphatic carbocycles. The number of amides is 2. The van der Waals surface area contributed by atoms with Gasteiger partial charge in [-0.15, -0.1) is 0 Å². The second-order valence-corrected chi connectivity index (χ2v) is 9.12. The quantitative estimate of drug-likeness (QED) is 0.611. The van der Waals surface area contributed by atoms with Crippen molar-refractivity contribution in [2.75, 3.05) is 18.4 Å². The second kappa shape index (κ2) is 10.3. The lowest BCUT2D eigenvalue weighted by Gasteiger charge is -2.20. The third kappa shape index (κ3) is 5.51. The van der Waals surface area contributed by atoms with Crippen LogP contribution in [0.3, 0.4) is 0 Å². The average molecular weight is 472 g/mol. The van der Waals surface area contributed by atoms with Crippen LogP contribution in [0, 0.1) is 0 Å². The summed E-state index contributed by atoms with van der Waals surface area (Å²) in [5.74, 6) is -1.02. The van der Waals surface area contributed by atoms with Crippen molar-refractivity contribution in [3.05, 3.63) is 58.1 Å². The molecule has 2 aromatic carbocycles. The summed E-state index contributed by atoms with van der Waals surface area (Å²) in [6.45, 7) is 5.54. The number of rotatable bonds is 8. The highest BCUT2D eigenvalue weighted by atomic mass is 35.5. The Labute approximate surface area is 186 Å². The number of hydrogen-bond acceptors (Lipinski definition) is 4. The van der Waals surface area contributed by atoms with E-state index in [-0.39, 0.29) is 39.3 Å². The van der Waals surface area contributed by atoms with Crippen LogP contribution in [0.15, 0.2) is 47.4 Å². The topological polar surface area (TPSA) is 95.6 Å². The van der Waals surface area contributed by atoms with E-state index in [0.29, 0.717) is 0 Å². The van der Waals surface area contributed by atoms with E-state index < -0.39 is 27.9 Å². The van der Waals surface area contributed by atoms with E-state index in [2.05, 4.69) is 10.6 Å². The SMILES string of the molecule is CCN(CC)S(=O)(=O)c1cc(NC(=O)[C@H](C)NC(=O)c2ccccc2Cl)ccc1Cl. The molecule has 0 saturated carbocycles. The normalized spacial score (nSPS) is 12.5. The number of halogens is 2. The van der Waals surface area contributed by atoms with Gasteiger partial charge in [0, 0.05) is 18.8 Å². The molecular weight excluding hydrogens is 449 g/mol. The molecule has 0 aliphatic heterocycles. The lowest BCUT2D eigenvalue weighted by molar-refractivity contribution is -0.117. The number of nitrogens with zero attached hydrogens (tertiary/aromatic N) is 1. The Kier molecular flexibility index (Phi) is 8.25. The lowest BCUT2D eigenvalue weighted by Crippen LogP contribution is -2.41. The molecule has 2 amide bonds. The first-order chi connectivity index (χ1) is 14.1. The zero-order valence-corrected chi connectivity index (χ0v) is 19.1. The summed E-state index contributed by atoms with van der Waals surface area (Å²) in [6.07, 6.45) is 0. The van der Waals surface area contributed by atoms with Crippen LogP contribution in [-0.4, -0.2) is 43.7 Å². The minimum absolute atomic E-state index is 0.0555. The van der Waals surface area contributed by atoms with Gasteiger partial charge in [0.1, 0.15) is 10.9 Å². The molecule has 0 fully saturated rings. The van der Waals surface area contributed by atoms with E-state index in [4.69, 9.17) is 23.2 Å².